The quantitative estimate of drug-likeness (QED) is 0.642. The maximum Gasteiger partial charge on any atom is 0.273 e. The summed E-state index contributed by atoms with van der Waals surface area (Å²) in [5, 5.41) is 9.44. The molecule has 1 aromatic heterocycles. The van der Waals surface area contributed by atoms with Crippen LogP contribution in [-0.4, -0.2) is 23.5 Å². The minimum atomic E-state index is -0.253. The first kappa shape index (κ1) is 21.5. The fourth-order valence-electron chi connectivity index (χ4n) is 2.42. The Labute approximate surface area is 165 Å². The average molecular weight is 387 g/mol. The maximum atomic E-state index is 12.0. The SMILES string of the molecule is CC(C)CCNC(=O)c1cc(COc2ccc(NC(=O)CC(C)C)cc2)on1. The van der Waals surface area contributed by atoms with Gasteiger partial charge in [-0.3, -0.25) is 9.59 Å². The zero-order valence-corrected chi connectivity index (χ0v) is 17.0. The van der Waals surface area contributed by atoms with Gasteiger partial charge in [-0.1, -0.05) is 32.9 Å². The summed E-state index contributed by atoms with van der Waals surface area (Å²) in [5.41, 5.74) is 0.962. The summed E-state index contributed by atoms with van der Waals surface area (Å²) in [4.78, 5) is 23.8. The smallest absolute Gasteiger partial charge is 0.273 e. The lowest BCUT2D eigenvalue weighted by molar-refractivity contribution is -0.116. The molecule has 0 unspecified atom stereocenters. The second-order valence-corrected chi connectivity index (χ2v) is 7.58. The molecule has 0 radical (unpaired) electrons. The molecule has 0 fully saturated rings. The Morgan fingerprint density at radius 1 is 1.11 bits per heavy atom. The van der Waals surface area contributed by atoms with Gasteiger partial charge < -0.3 is 19.9 Å². The van der Waals surface area contributed by atoms with E-state index in [1.807, 2.05) is 13.8 Å². The Hall–Kier alpha value is -2.83. The van der Waals surface area contributed by atoms with Crippen molar-refractivity contribution < 1.29 is 18.8 Å². The Balaban J connectivity index is 1.80. The molecule has 0 spiro atoms. The molecule has 0 atom stereocenters. The molecular weight excluding hydrogens is 358 g/mol. The molecule has 7 nitrogen and oxygen atoms in total. The van der Waals surface area contributed by atoms with Gasteiger partial charge >= 0.3 is 0 Å². The highest BCUT2D eigenvalue weighted by Gasteiger charge is 2.13. The van der Waals surface area contributed by atoms with Gasteiger partial charge in [-0.2, -0.15) is 0 Å². The standard InChI is InChI=1S/C21H29N3O4/c1-14(2)9-10-22-21(26)19-12-18(28-24-19)13-27-17-7-5-16(6-8-17)23-20(25)11-15(3)4/h5-8,12,14-15H,9-11,13H2,1-4H3,(H,22,26)(H,23,25). The van der Waals surface area contributed by atoms with Crippen molar-refractivity contribution in [3.05, 3.63) is 41.8 Å². The van der Waals surface area contributed by atoms with Gasteiger partial charge in [0.15, 0.2) is 11.5 Å². The number of benzene rings is 1. The van der Waals surface area contributed by atoms with Crippen LogP contribution in [0.3, 0.4) is 0 Å². The maximum absolute atomic E-state index is 12.0. The number of nitrogens with one attached hydrogen (secondary N) is 2. The second-order valence-electron chi connectivity index (χ2n) is 7.58. The molecule has 2 amide bonds. The number of nitrogens with zero attached hydrogens (tertiary/aromatic N) is 1. The lowest BCUT2D eigenvalue weighted by atomic mass is 10.1. The molecule has 0 aliphatic carbocycles. The number of rotatable bonds is 10. The number of carbonyl (C=O) groups is 2. The van der Waals surface area contributed by atoms with E-state index in [0.29, 0.717) is 36.3 Å². The van der Waals surface area contributed by atoms with Crippen LogP contribution in [-0.2, 0) is 11.4 Å². The third-order valence-electron chi connectivity index (χ3n) is 3.91. The second kappa shape index (κ2) is 10.5. The van der Waals surface area contributed by atoms with Crippen LogP contribution in [0, 0.1) is 11.8 Å². The minimum Gasteiger partial charge on any atom is -0.486 e. The van der Waals surface area contributed by atoms with E-state index in [-0.39, 0.29) is 24.1 Å². The Morgan fingerprint density at radius 3 is 2.46 bits per heavy atom. The van der Waals surface area contributed by atoms with Gasteiger partial charge in [-0.05, 0) is 42.5 Å². The summed E-state index contributed by atoms with van der Waals surface area (Å²) in [6, 6.07) is 8.66. The van der Waals surface area contributed by atoms with Crippen molar-refractivity contribution in [3.63, 3.8) is 0 Å². The van der Waals surface area contributed by atoms with Gasteiger partial charge in [-0.15, -0.1) is 0 Å². The largest absolute Gasteiger partial charge is 0.486 e. The van der Waals surface area contributed by atoms with Crippen molar-refractivity contribution >= 4 is 17.5 Å². The van der Waals surface area contributed by atoms with E-state index in [0.717, 1.165) is 12.1 Å². The van der Waals surface area contributed by atoms with Gasteiger partial charge in [0, 0.05) is 24.7 Å². The molecule has 152 valence electrons. The van der Waals surface area contributed by atoms with Crippen LogP contribution in [0.4, 0.5) is 5.69 Å². The zero-order chi connectivity index (χ0) is 20.5. The van der Waals surface area contributed by atoms with Crippen LogP contribution in [0.2, 0.25) is 0 Å². The number of anilines is 1. The molecular formula is C21H29N3O4. The fraction of sp³-hybridized carbons (Fsp3) is 0.476. The van der Waals surface area contributed by atoms with Gasteiger partial charge in [0.1, 0.15) is 12.4 Å². The van der Waals surface area contributed by atoms with Gasteiger partial charge in [0.2, 0.25) is 5.91 Å². The third kappa shape index (κ3) is 7.42. The zero-order valence-electron chi connectivity index (χ0n) is 17.0. The van der Waals surface area contributed by atoms with Crippen molar-refractivity contribution in [3.8, 4) is 5.75 Å². The summed E-state index contributed by atoms with van der Waals surface area (Å²) in [6.07, 6.45) is 1.39. The van der Waals surface area contributed by atoms with Crippen LogP contribution < -0.4 is 15.4 Å². The van der Waals surface area contributed by atoms with E-state index < -0.39 is 0 Å². The summed E-state index contributed by atoms with van der Waals surface area (Å²) in [5.74, 6) is 1.66. The fourth-order valence-corrected chi connectivity index (χ4v) is 2.42. The minimum absolute atomic E-state index is 0.00970. The number of amides is 2. The normalized spacial score (nSPS) is 10.9. The predicted octanol–water partition coefficient (Wildman–Crippen LogP) is 4.01. The lowest BCUT2D eigenvalue weighted by Crippen LogP contribution is -2.25. The Morgan fingerprint density at radius 2 is 1.82 bits per heavy atom. The molecule has 0 saturated heterocycles. The van der Waals surface area contributed by atoms with Crippen molar-refractivity contribution in [2.75, 3.05) is 11.9 Å². The van der Waals surface area contributed by atoms with E-state index in [1.165, 1.54) is 0 Å². The molecule has 2 N–H and O–H groups in total. The van der Waals surface area contributed by atoms with E-state index in [1.54, 1.807) is 30.3 Å². The monoisotopic (exact) mass is 387 g/mol. The van der Waals surface area contributed by atoms with E-state index in [2.05, 4.69) is 29.6 Å². The van der Waals surface area contributed by atoms with E-state index in [9.17, 15) is 9.59 Å². The molecule has 28 heavy (non-hydrogen) atoms. The van der Waals surface area contributed by atoms with Gasteiger partial charge in [0.05, 0.1) is 0 Å². The first-order valence-electron chi connectivity index (χ1n) is 9.60. The molecule has 1 heterocycles. The number of carbonyl (C=O) groups excluding carboxylic acids is 2. The average Bonchev–Trinajstić information content (AvgIpc) is 3.09. The predicted molar refractivity (Wildman–Crippen MR) is 107 cm³/mol. The molecule has 2 aromatic rings. The lowest BCUT2D eigenvalue weighted by Gasteiger charge is -2.08. The summed E-state index contributed by atoms with van der Waals surface area (Å²) >= 11 is 0. The van der Waals surface area contributed by atoms with E-state index in [4.69, 9.17) is 9.26 Å². The van der Waals surface area contributed by atoms with Crippen LogP contribution >= 0.6 is 0 Å². The Kier molecular flexibility index (Phi) is 8.04. The number of aromatic nitrogens is 1. The summed E-state index contributed by atoms with van der Waals surface area (Å²) < 4.78 is 10.8. The number of hydrogen-bond donors (Lipinski definition) is 2. The molecule has 7 heteroatoms. The summed E-state index contributed by atoms with van der Waals surface area (Å²) in [7, 11) is 0. The molecule has 0 saturated carbocycles. The molecule has 0 aliphatic rings. The molecule has 1 aromatic carbocycles. The van der Waals surface area contributed by atoms with Crippen LogP contribution in [0.1, 0.15) is 56.8 Å². The first-order valence-corrected chi connectivity index (χ1v) is 9.60. The van der Waals surface area contributed by atoms with Crippen LogP contribution in [0.25, 0.3) is 0 Å². The van der Waals surface area contributed by atoms with E-state index >= 15 is 0 Å². The first-order chi connectivity index (χ1) is 13.3. The van der Waals surface area contributed by atoms with Gasteiger partial charge in [-0.25, -0.2) is 0 Å². The van der Waals surface area contributed by atoms with Crippen molar-refractivity contribution in [2.45, 2.75) is 47.1 Å². The van der Waals surface area contributed by atoms with Gasteiger partial charge in [0.25, 0.3) is 5.91 Å². The highest BCUT2D eigenvalue weighted by Crippen LogP contribution is 2.18. The summed E-state index contributed by atoms with van der Waals surface area (Å²) in [6.45, 7) is 8.97. The topological polar surface area (TPSA) is 93.5 Å². The highest BCUT2D eigenvalue weighted by atomic mass is 16.5. The number of hydrogen-bond acceptors (Lipinski definition) is 5. The third-order valence-corrected chi connectivity index (χ3v) is 3.91. The van der Waals surface area contributed by atoms with Crippen LogP contribution in [0.5, 0.6) is 5.75 Å². The van der Waals surface area contributed by atoms with Crippen molar-refractivity contribution in [1.82, 2.24) is 10.5 Å². The van der Waals surface area contributed by atoms with Crippen LogP contribution in [0.15, 0.2) is 34.9 Å². The van der Waals surface area contributed by atoms with Crippen molar-refractivity contribution in [1.29, 1.82) is 0 Å². The molecule has 0 bridgehead atoms. The molecule has 0 aliphatic heterocycles. The molecule has 2 rings (SSSR count). The number of ether oxygens (including phenoxy) is 1. The van der Waals surface area contributed by atoms with Crippen molar-refractivity contribution in [2.24, 2.45) is 11.8 Å². The Bertz CT molecular complexity index is 766. The highest BCUT2D eigenvalue weighted by molar-refractivity contribution is 5.92.